The van der Waals surface area contributed by atoms with Gasteiger partial charge in [-0.2, -0.15) is 0 Å². The van der Waals surface area contributed by atoms with E-state index < -0.39 is 21.6 Å². The number of nitrogens with two attached hydrogens (primary N) is 1. The molecule has 2 fully saturated rings. The third-order valence-corrected chi connectivity index (χ3v) is 7.27. The number of hydrogen-bond donors (Lipinski definition) is 2. The molecule has 10 heteroatoms. The molecule has 3 N–H and O–H groups in total. The first-order valence-electron chi connectivity index (χ1n) is 10.4. The van der Waals surface area contributed by atoms with Crippen LogP contribution >= 0.6 is 0 Å². The van der Waals surface area contributed by atoms with Crippen molar-refractivity contribution in [2.75, 3.05) is 30.3 Å². The van der Waals surface area contributed by atoms with Gasteiger partial charge in [0.2, 0.25) is 0 Å². The van der Waals surface area contributed by atoms with Crippen LogP contribution in [-0.2, 0) is 21.2 Å². The molecule has 1 aromatic carbocycles. The number of fused-ring (bicyclic) bond motifs is 1. The molecular weight excluding hydrogens is 435 g/mol. The molecule has 0 amide bonds. The lowest BCUT2D eigenvalue weighted by Gasteiger charge is -2.26. The van der Waals surface area contributed by atoms with Crippen molar-refractivity contribution in [3.05, 3.63) is 54.0 Å². The number of pyridine rings is 1. The number of carbonyl (C=O) groups is 1. The van der Waals surface area contributed by atoms with Crippen molar-refractivity contribution in [3.8, 4) is 11.1 Å². The lowest BCUT2D eigenvalue weighted by molar-refractivity contribution is -0.138. The fraction of sp³-hybridized carbons (Fsp3) is 0.364. The minimum atomic E-state index is -2.87. The first-order chi connectivity index (χ1) is 15.2. The molecule has 8 nitrogen and oxygen atoms in total. The first-order valence-corrected chi connectivity index (χ1v) is 12.2. The Hall–Kier alpha value is -2.98. The Labute approximate surface area is 185 Å². The van der Waals surface area contributed by atoms with Crippen LogP contribution in [0.5, 0.6) is 0 Å². The van der Waals surface area contributed by atoms with Crippen molar-refractivity contribution in [1.29, 1.82) is 0 Å². The quantitative estimate of drug-likeness (QED) is 0.614. The summed E-state index contributed by atoms with van der Waals surface area (Å²) < 4.78 is 38.8. The lowest BCUT2D eigenvalue weighted by atomic mass is 10.0. The van der Waals surface area contributed by atoms with E-state index in [2.05, 4.69) is 10.00 Å². The van der Waals surface area contributed by atoms with Gasteiger partial charge in [0.1, 0.15) is 5.52 Å². The summed E-state index contributed by atoms with van der Waals surface area (Å²) in [5, 5.41) is 12.0. The van der Waals surface area contributed by atoms with E-state index in [0.717, 1.165) is 29.5 Å². The van der Waals surface area contributed by atoms with Crippen molar-refractivity contribution in [2.45, 2.75) is 19.4 Å². The highest BCUT2D eigenvalue weighted by Crippen LogP contribution is 2.29. The smallest absolute Gasteiger partial charge is 0.306 e. The van der Waals surface area contributed by atoms with Gasteiger partial charge in [0.15, 0.2) is 21.5 Å². The van der Waals surface area contributed by atoms with E-state index in [1.807, 2.05) is 30.3 Å². The molecule has 3 heterocycles. The van der Waals surface area contributed by atoms with Gasteiger partial charge in [-0.25, -0.2) is 17.3 Å². The summed E-state index contributed by atoms with van der Waals surface area (Å²) in [6.07, 6.45) is 3.46. The van der Waals surface area contributed by atoms with E-state index in [4.69, 9.17) is 10.8 Å². The van der Waals surface area contributed by atoms with Gasteiger partial charge < -0.3 is 10.8 Å². The number of aromatic nitrogens is 2. The van der Waals surface area contributed by atoms with E-state index in [0.29, 0.717) is 25.2 Å². The average molecular weight is 461 g/mol. The number of sulfone groups is 1. The predicted octanol–water partition coefficient (Wildman–Crippen LogP) is 2.43. The highest BCUT2D eigenvalue weighted by Gasteiger charge is 2.28. The Balaban J connectivity index is 0.000000354. The molecule has 1 saturated carbocycles. The number of nitrogens with zero attached hydrogens (tertiary/aromatic N) is 3. The monoisotopic (exact) mass is 460 g/mol. The van der Waals surface area contributed by atoms with Crippen molar-refractivity contribution >= 4 is 27.1 Å². The zero-order chi connectivity index (χ0) is 22.9. The number of aliphatic carboxylic acids is 1. The van der Waals surface area contributed by atoms with Crippen LogP contribution in [0, 0.1) is 11.7 Å². The van der Waals surface area contributed by atoms with E-state index in [9.17, 15) is 17.6 Å². The zero-order valence-electron chi connectivity index (χ0n) is 17.4. The van der Waals surface area contributed by atoms with E-state index in [1.54, 1.807) is 12.3 Å². The van der Waals surface area contributed by atoms with Gasteiger partial charge in [0.05, 0.1) is 17.4 Å². The van der Waals surface area contributed by atoms with Crippen molar-refractivity contribution < 1.29 is 22.7 Å². The van der Waals surface area contributed by atoms with Crippen LogP contribution in [0.25, 0.3) is 16.6 Å². The topological polar surface area (TPSA) is 118 Å². The Morgan fingerprint density at radius 3 is 2.38 bits per heavy atom. The Morgan fingerprint density at radius 2 is 1.81 bits per heavy atom. The number of nitrogen functional groups attached to an aromatic ring is 1. The fourth-order valence-electron chi connectivity index (χ4n) is 3.60. The van der Waals surface area contributed by atoms with Crippen molar-refractivity contribution in [3.63, 3.8) is 0 Å². The summed E-state index contributed by atoms with van der Waals surface area (Å²) in [7, 11) is -2.87. The van der Waals surface area contributed by atoms with Crippen LogP contribution in [0.2, 0.25) is 0 Å². The minimum Gasteiger partial charge on any atom is -0.481 e. The maximum Gasteiger partial charge on any atom is 0.306 e. The van der Waals surface area contributed by atoms with Crippen LogP contribution in [0.4, 0.5) is 10.2 Å². The Bertz CT molecular complexity index is 1220. The van der Waals surface area contributed by atoms with E-state index in [1.165, 1.54) is 4.52 Å². The summed E-state index contributed by atoms with van der Waals surface area (Å²) in [6.45, 7) is 1.82. The van der Waals surface area contributed by atoms with Gasteiger partial charge in [-0.3, -0.25) is 9.69 Å². The summed E-state index contributed by atoms with van der Waals surface area (Å²) in [4.78, 5) is 11.9. The molecule has 2 aromatic heterocycles. The minimum absolute atomic E-state index is 0.0185. The number of carboxylic acid groups (broad SMARTS) is 1. The molecule has 1 aliphatic heterocycles. The number of halogens is 1. The molecular formula is C22H25FN4O4S. The Kier molecular flexibility index (Phi) is 6.16. The number of rotatable bonds is 4. The molecule has 32 heavy (non-hydrogen) atoms. The van der Waals surface area contributed by atoms with E-state index in [-0.39, 0.29) is 23.2 Å². The van der Waals surface area contributed by atoms with Gasteiger partial charge in [-0.1, -0.05) is 30.3 Å². The second kappa shape index (κ2) is 8.87. The summed E-state index contributed by atoms with van der Waals surface area (Å²) in [5.41, 5.74) is 8.64. The molecule has 3 aromatic rings. The summed E-state index contributed by atoms with van der Waals surface area (Å²) >= 11 is 0. The normalized spacial score (nSPS) is 18.2. The highest BCUT2D eigenvalue weighted by atomic mass is 32.2. The molecule has 0 unspecified atom stereocenters. The van der Waals surface area contributed by atoms with Crippen LogP contribution in [0.15, 0.2) is 42.6 Å². The SMILES string of the molecule is Nc1nn2cccc(-c3ccc(CN4CCS(=O)(=O)CC4)cc3)c2c1F.O=C(O)C1CC1. The highest BCUT2D eigenvalue weighted by molar-refractivity contribution is 7.91. The number of hydrogen-bond acceptors (Lipinski definition) is 6. The molecule has 170 valence electrons. The van der Waals surface area contributed by atoms with Crippen LogP contribution in [-0.4, -0.2) is 58.6 Å². The third kappa shape index (κ3) is 5.08. The lowest BCUT2D eigenvalue weighted by Crippen LogP contribution is -2.39. The first kappa shape index (κ1) is 22.2. The maximum atomic E-state index is 14.3. The molecule has 1 saturated heterocycles. The molecule has 1 aliphatic carbocycles. The molecule has 0 radical (unpaired) electrons. The fourth-order valence-corrected chi connectivity index (χ4v) is 4.88. The molecule has 5 rings (SSSR count). The molecule has 0 atom stereocenters. The van der Waals surface area contributed by atoms with Gasteiger partial charge in [0, 0.05) is 31.4 Å². The van der Waals surface area contributed by atoms with Gasteiger partial charge >= 0.3 is 5.97 Å². The third-order valence-electron chi connectivity index (χ3n) is 5.66. The second-order valence-electron chi connectivity index (χ2n) is 8.15. The Morgan fingerprint density at radius 1 is 1.16 bits per heavy atom. The number of carboxylic acids is 1. The summed E-state index contributed by atoms with van der Waals surface area (Å²) in [5.74, 6) is -0.808. The number of anilines is 1. The van der Waals surface area contributed by atoms with Crippen molar-refractivity contribution in [2.24, 2.45) is 5.92 Å². The largest absolute Gasteiger partial charge is 0.481 e. The van der Waals surface area contributed by atoms with Crippen LogP contribution < -0.4 is 5.73 Å². The standard InChI is InChI=1S/C18H19FN4O2S.C4H6O2/c19-16-17-15(2-1-7-23(17)21-18(16)20)14-5-3-13(4-6-14)12-22-8-10-26(24,25)11-9-22;5-4(6)3-1-2-3/h1-7H,8-12H2,(H2,20,21);3H,1-2H2,(H,5,6). The molecule has 0 spiro atoms. The predicted molar refractivity (Wildman–Crippen MR) is 119 cm³/mol. The van der Waals surface area contributed by atoms with Crippen LogP contribution in [0.3, 0.4) is 0 Å². The summed E-state index contributed by atoms with van der Waals surface area (Å²) in [6, 6.07) is 11.5. The molecule has 2 aliphatic rings. The second-order valence-corrected chi connectivity index (χ2v) is 10.5. The van der Waals surface area contributed by atoms with E-state index >= 15 is 0 Å². The molecule has 0 bridgehead atoms. The van der Waals surface area contributed by atoms with Gasteiger partial charge in [-0.15, -0.1) is 5.10 Å². The van der Waals surface area contributed by atoms with Crippen molar-refractivity contribution in [1.82, 2.24) is 14.5 Å². The van der Waals surface area contributed by atoms with Gasteiger partial charge in [-0.05, 0) is 30.0 Å². The van der Waals surface area contributed by atoms with Gasteiger partial charge in [0.25, 0.3) is 0 Å². The average Bonchev–Trinajstić information content (AvgIpc) is 3.57. The number of benzene rings is 1. The zero-order valence-corrected chi connectivity index (χ0v) is 18.3. The maximum absolute atomic E-state index is 14.3. The van der Waals surface area contributed by atoms with Crippen LogP contribution in [0.1, 0.15) is 18.4 Å².